The second-order valence-electron chi connectivity index (χ2n) is 3.67. The molecule has 1 aliphatic rings. The van der Waals surface area contributed by atoms with E-state index in [1.807, 2.05) is 26.0 Å². The molecule has 106 valence electrons. The summed E-state index contributed by atoms with van der Waals surface area (Å²) in [6.07, 6.45) is 3.73. The van der Waals surface area contributed by atoms with E-state index in [0.717, 1.165) is 10.7 Å². The zero-order valence-electron chi connectivity index (χ0n) is 9.86. The highest BCUT2D eigenvalue weighted by atomic mass is 32.2. The average molecular weight is 291 g/mol. The number of halogens is 4. The second-order valence-corrected chi connectivity index (χ2v) is 5.08. The fourth-order valence-corrected chi connectivity index (χ4v) is 1.21. The van der Waals surface area contributed by atoms with Crippen LogP contribution in [0.3, 0.4) is 0 Å². The normalized spacial score (nSPS) is 20.7. The number of rotatable bonds is 0. The van der Waals surface area contributed by atoms with Gasteiger partial charge in [0, 0.05) is 5.70 Å². The predicted octanol–water partition coefficient (Wildman–Crippen LogP) is 2.82. The van der Waals surface area contributed by atoms with E-state index in [9.17, 15) is 17.7 Å². The first-order chi connectivity index (χ1) is 7.86. The molecular formula is C9H13F4NO3S. The van der Waals surface area contributed by atoms with Crippen molar-refractivity contribution in [1.29, 1.82) is 0 Å². The summed E-state index contributed by atoms with van der Waals surface area (Å²) in [7, 11) is -5.84. The van der Waals surface area contributed by atoms with Gasteiger partial charge in [-0.05, 0) is 26.8 Å². The van der Waals surface area contributed by atoms with Crippen LogP contribution in [0.5, 0.6) is 0 Å². The third-order valence-corrected chi connectivity index (χ3v) is 2.51. The molecule has 1 aliphatic heterocycles. The van der Waals surface area contributed by atoms with Gasteiger partial charge in [-0.3, -0.25) is 4.55 Å². The van der Waals surface area contributed by atoms with Crippen LogP contribution >= 0.6 is 0 Å². The molecule has 0 saturated heterocycles. The molecular weight excluding hydrogens is 278 g/mol. The van der Waals surface area contributed by atoms with Crippen molar-refractivity contribution in [2.24, 2.45) is 0 Å². The van der Waals surface area contributed by atoms with E-state index in [4.69, 9.17) is 13.0 Å². The van der Waals surface area contributed by atoms with Gasteiger partial charge in [0.25, 0.3) is 0 Å². The van der Waals surface area contributed by atoms with Gasteiger partial charge in [0.2, 0.25) is 0 Å². The molecule has 4 nitrogen and oxygen atoms in total. The fraction of sp³-hybridized carbons (Fsp3) is 0.556. The van der Waals surface area contributed by atoms with Crippen LogP contribution in [0.25, 0.3) is 0 Å². The SMILES string of the molecule is CC1=CC(C)N(F)C(C)=C1.O=S(=O)(O)C(F)(F)F. The molecule has 1 rings (SSSR count). The summed E-state index contributed by atoms with van der Waals surface area (Å²) in [5, 5.41) is 0.771. The summed E-state index contributed by atoms with van der Waals surface area (Å²) < 4.78 is 70.4. The van der Waals surface area contributed by atoms with Crippen molar-refractivity contribution < 1.29 is 30.6 Å². The smallest absolute Gasteiger partial charge is 0.279 e. The molecule has 1 unspecified atom stereocenters. The summed E-state index contributed by atoms with van der Waals surface area (Å²) in [5.74, 6) is 0. The standard InChI is InChI=1S/C8H12FN.CHF3O3S/c1-6-4-7(2)10(9)8(3)5-6;2-1(3,4)8(5,6)7/h4-5,7H,1-3H3;(H,5,6,7). The highest BCUT2D eigenvalue weighted by molar-refractivity contribution is 7.86. The van der Waals surface area contributed by atoms with E-state index in [1.54, 1.807) is 6.92 Å². The Morgan fingerprint density at radius 2 is 1.72 bits per heavy atom. The molecule has 0 aromatic rings. The van der Waals surface area contributed by atoms with E-state index in [-0.39, 0.29) is 6.04 Å². The van der Waals surface area contributed by atoms with Crippen LogP contribution in [0.15, 0.2) is 23.4 Å². The highest BCUT2D eigenvalue weighted by Gasteiger charge is 2.44. The first-order valence-electron chi connectivity index (χ1n) is 4.71. The van der Waals surface area contributed by atoms with E-state index in [0.29, 0.717) is 5.70 Å². The maximum Gasteiger partial charge on any atom is 0.522 e. The van der Waals surface area contributed by atoms with Gasteiger partial charge in [-0.15, -0.1) is 0 Å². The Labute approximate surface area is 102 Å². The molecule has 0 aromatic heterocycles. The first kappa shape index (κ1) is 16.9. The molecule has 0 fully saturated rings. The van der Waals surface area contributed by atoms with Crippen molar-refractivity contribution in [2.45, 2.75) is 32.3 Å². The Balaban J connectivity index is 0.000000331. The summed E-state index contributed by atoms with van der Waals surface area (Å²) in [5.41, 5.74) is -3.71. The first-order valence-corrected chi connectivity index (χ1v) is 6.15. The van der Waals surface area contributed by atoms with Gasteiger partial charge in [-0.1, -0.05) is 16.1 Å². The number of nitrogens with zero attached hydrogens (tertiary/aromatic N) is 1. The van der Waals surface area contributed by atoms with Gasteiger partial charge in [0.15, 0.2) is 0 Å². The Morgan fingerprint density at radius 1 is 1.33 bits per heavy atom. The van der Waals surface area contributed by atoms with Crippen molar-refractivity contribution in [3.63, 3.8) is 0 Å². The molecule has 18 heavy (non-hydrogen) atoms. The molecule has 0 aliphatic carbocycles. The van der Waals surface area contributed by atoms with Crippen molar-refractivity contribution >= 4 is 10.1 Å². The summed E-state index contributed by atoms with van der Waals surface area (Å²) >= 11 is 0. The van der Waals surface area contributed by atoms with Crippen LogP contribution < -0.4 is 0 Å². The molecule has 9 heteroatoms. The molecule has 1 atom stereocenters. The lowest BCUT2D eigenvalue weighted by molar-refractivity contribution is -0.0510. The van der Waals surface area contributed by atoms with Crippen molar-refractivity contribution in [1.82, 2.24) is 5.12 Å². The van der Waals surface area contributed by atoms with Crippen LogP contribution in [-0.2, 0) is 10.1 Å². The number of hydrogen-bond acceptors (Lipinski definition) is 3. The van der Waals surface area contributed by atoms with Gasteiger partial charge < -0.3 is 0 Å². The van der Waals surface area contributed by atoms with Crippen molar-refractivity contribution in [2.75, 3.05) is 0 Å². The van der Waals surface area contributed by atoms with Crippen LogP contribution in [-0.4, -0.2) is 29.6 Å². The minimum absolute atomic E-state index is 0.106. The van der Waals surface area contributed by atoms with Crippen LogP contribution in [0.2, 0.25) is 0 Å². The van der Waals surface area contributed by atoms with Gasteiger partial charge in [0.05, 0.1) is 6.04 Å². The maximum atomic E-state index is 12.9. The number of hydrogen-bond donors (Lipinski definition) is 1. The molecule has 0 radical (unpaired) electrons. The van der Waals surface area contributed by atoms with E-state index < -0.39 is 15.6 Å². The Bertz CT molecular complexity index is 453. The number of allylic oxidation sites excluding steroid dienone is 3. The topological polar surface area (TPSA) is 57.6 Å². The summed E-state index contributed by atoms with van der Waals surface area (Å²) in [6.45, 7) is 5.58. The van der Waals surface area contributed by atoms with Crippen LogP contribution in [0.1, 0.15) is 20.8 Å². The van der Waals surface area contributed by atoms with Gasteiger partial charge >= 0.3 is 15.6 Å². The van der Waals surface area contributed by atoms with Gasteiger partial charge in [0.1, 0.15) is 0 Å². The maximum absolute atomic E-state index is 12.9. The quantitative estimate of drug-likeness (QED) is 0.323. The minimum atomic E-state index is -5.84. The van der Waals surface area contributed by atoms with Crippen LogP contribution in [0.4, 0.5) is 17.7 Å². The third kappa shape index (κ3) is 5.05. The van der Waals surface area contributed by atoms with Crippen LogP contribution in [0, 0.1) is 0 Å². The van der Waals surface area contributed by atoms with E-state index in [1.165, 1.54) is 0 Å². The molecule has 0 amide bonds. The lowest BCUT2D eigenvalue weighted by Crippen LogP contribution is -2.24. The summed E-state index contributed by atoms with van der Waals surface area (Å²) in [6, 6.07) is -0.106. The largest absolute Gasteiger partial charge is 0.522 e. The van der Waals surface area contributed by atoms with Gasteiger partial charge in [-0.25, -0.2) is 5.12 Å². The molecule has 0 bridgehead atoms. The molecule has 1 heterocycles. The zero-order chi connectivity index (χ0) is 14.7. The van der Waals surface area contributed by atoms with E-state index in [2.05, 4.69) is 0 Å². The minimum Gasteiger partial charge on any atom is -0.279 e. The van der Waals surface area contributed by atoms with Crippen molar-refractivity contribution in [3.05, 3.63) is 23.4 Å². The average Bonchev–Trinajstić information content (AvgIpc) is 2.11. The Morgan fingerprint density at radius 3 is 2.00 bits per heavy atom. The monoisotopic (exact) mass is 291 g/mol. The third-order valence-electron chi connectivity index (χ3n) is 1.93. The van der Waals surface area contributed by atoms with E-state index >= 15 is 0 Å². The zero-order valence-corrected chi connectivity index (χ0v) is 10.7. The highest BCUT2D eigenvalue weighted by Crippen LogP contribution is 2.20. The fourth-order valence-electron chi connectivity index (χ4n) is 1.21. The molecule has 0 aromatic carbocycles. The summed E-state index contributed by atoms with van der Waals surface area (Å²) in [4.78, 5) is 0. The Kier molecular flexibility index (Phi) is 5.35. The Hall–Kier alpha value is -1.09. The second kappa shape index (κ2) is 5.70. The molecule has 0 spiro atoms. The van der Waals surface area contributed by atoms with Crippen molar-refractivity contribution in [3.8, 4) is 0 Å². The lowest BCUT2D eigenvalue weighted by Gasteiger charge is -2.23. The van der Waals surface area contributed by atoms with Gasteiger partial charge in [-0.2, -0.15) is 21.6 Å². The lowest BCUT2D eigenvalue weighted by atomic mass is 10.1. The molecule has 0 saturated carbocycles. The number of alkyl halides is 3. The molecule has 1 N–H and O–H groups in total. The predicted molar refractivity (Wildman–Crippen MR) is 57.5 cm³/mol.